The summed E-state index contributed by atoms with van der Waals surface area (Å²) in [5.41, 5.74) is 2.43. The number of hydrogen-bond donors (Lipinski definition) is 0. The van der Waals surface area contributed by atoms with Crippen LogP contribution in [0, 0.1) is 12.8 Å². The van der Waals surface area contributed by atoms with Gasteiger partial charge in [0, 0.05) is 38.4 Å². The Morgan fingerprint density at radius 3 is 2.55 bits per heavy atom. The molecule has 2 saturated heterocycles. The first-order valence-electron chi connectivity index (χ1n) is 6.59. The normalized spacial score (nSPS) is 19.6. The van der Waals surface area contributed by atoms with Crippen LogP contribution in [0.2, 0.25) is 0 Å². The van der Waals surface area contributed by atoms with E-state index >= 15 is 0 Å². The molecule has 1 aromatic rings. The van der Waals surface area contributed by atoms with Gasteiger partial charge in [0.25, 0.3) is 5.91 Å². The van der Waals surface area contributed by atoms with Crippen molar-refractivity contribution in [3.05, 3.63) is 16.1 Å². The first-order valence-corrected chi connectivity index (χ1v) is 7.47. The van der Waals surface area contributed by atoms with Crippen LogP contribution < -0.4 is 0 Å². The number of nitrogens with zero attached hydrogens (tertiary/aromatic N) is 3. The summed E-state index contributed by atoms with van der Waals surface area (Å²) in [5.74, 6) is 0.0367. The monoisotopic (exact) mass is 293 g/mol. The third-order valence-corrected chi connectivity index (χ3v) is 4.70. The number of likely N-dealkylation sites (tertiary alicyclic amines) is 2. The summed E-state index contributed by atoms with van der Waals surface area (Å²) in [6.45, 7) is 3.48. The molecule has 0 N–H and O–H groups in total. The summed E-state index contributed by atoms with van der Waals surface area (Å²) in [6.07, 6.45) is 0.655. The average Bonchev–Trinajstić information content (AvgIpc) is 2.91. The lowest BCUT2D eigenvalue weighted by Gasteiger charge is -2.40. The number of thiazole rings is 1. The molecule has 0 aromatic carbocycles. The van der Waals surface area contributed by atoms with Gasteiger partial charge in [-0.2, -0.15) is 0 Å². The van der Waals surface area contributed by atoms with Gasteiger partial charge in [0.05, 0.1) is 11.2 Å². The van der Waals surface area contributed by atoms with Gasteiger partial charge in [-0.25, -0.2) is 4.98 Å². The molecule has 6 nitrogen and oxygen atoms in total. The number of aryl methyl sites for hydroxylation is 1. The molecule has 3 amide bonds. The van der Waals surface area contributed by atoms with Crippen LogP contribution in [0.25, 0.3) is 0 Å². The minimum absolute atomic E-state index is 0.000301. The zero-order valence-electron chi connectivity index (χ0n) is 11.2. The van der Waals surface area contributed by atoms with Crippen molar-refractivity contribution < 1.29 is 14.4 Å². The molecule has 0 atom stereocenters. The molecule has 3 rings (SSSR count). The topological polar surface area (TPSA) is 70.6 Å². The number of hydrogen-bond acceptors (Lipinski definition) is 5. The lowest BCUT2D eigenvalue weighted by atomic mass is 9.99. The molecular weight excluding hydrogens is 278 g/mol. The van der Waals surface area contributed by atoms with Crippen LogP contribution in [0.4, 0.5) is 0 Å². The van der Waals surface area contributed by atoms with Crippen LogP contribution in [0.3, 0.4) is 0 Å². The fourth-order valence-electron chi connectivity index (χ4n) is 2.59. The van der Waals surface area contributed by atoms with Gasteiger partial charge >= 0.3 is 0 Å². The fraction of sp³-hybridized carbons (Fsp3) is 0.538. The Kier molecular flexibility index (Phi) is 3.29. The molecule has 106 valence electrons. The molecule has 2 fully saturated rings. The molecule has 0 radical (unpaired) electrons. The minimum atomic E-state index is -0.0851. The molecule has 2 aliphatic rings. The van der Waals surface area contributed by atoms with Crippen LogP contribution in [0.15, 0.2) is 5.51 Å². The second-order valence-electron chi connectivity index (χ2n) is 5.24. The number of imide groups is 1. The van der Waals surface area contributed by atoms with Crippen molar-refractivity contribution in [1.82, 2.24) is 14.8 Å². The highest BCUT2D eigenvalue weighted by molar-refractivity contribution is 7.11. The highest BCUT2D eigenvalue weighted by Gasteiger charge is 2.37. The highest BCUT2D eigenvalue weighted by atomic mass is 32.1. The number of aromatic nitrogens is 1. The summed E-state index contributed by atoms with van der Waals surface area (Å²) in [7, 11) is 0. The van der Waals surface area contributed by atoms with E-state index in [-0.39, 0.29) is 23.6 Å². The van der Waals surface area contributed by atoms with Crippen molar-refractivity contribution in [1.29, 1.82) is 0 Å². The maximum Gasteiger partial charge on any atom is 0.265 e. The van der Waals surface area contributed by atoms with E-state index in [1.54, 1.807) is 10.4 Å². The van der Waals surface area contributed by atoms with Crippen LogP contribution in [-0.2, 0) is 9.59 Å². The first-order chi connectivity index (χ1) is 9.56. The van der Waals surface area contributed by atoms with Crippen molar-refractivity contribution >= 4 is 29.1 Å². The van der Waals surface area contributed by atoms with Gasteiger partial charge in [0.1, 0.15) is 4.88 Å². The Bertz CT molecular complexity index is 561. The number of rotatable bonds is 3. The van der Waals surface area contributed by atoms with Crippen LogP contribution >= 0.6 is 11.3 Å². The summed E-state index contributed by atoms with van der Waals surface area (Å²) in [4.78, 5) is 43.1. The van der Waals surface area contributed by atoms with E-state index in [9.17, 15) is 14.4 Å². The molecule has 20 heavy (non-hydrogen) atoms. The third-order valence-electron chi connectivity index (χ3n) is 3.78. The molecule has 0 unspecified atom stereocenters. The lowest BCUT2D eigenvalue weighted by molar-refractivity contribution is -0.139. The van der Waals surface area contributed by atoms with Crippen LogP contribution in [0.5, 0.6) is 0 Å². The molecule has 0 spiro atoms. The predicted octanol–water partition coefficient (Wildman–Crippen LogP) is 0.673. The average molecular weight is 293 g/mol. The molecule has 0 bridgehead atoms. The summed E-state index contributed by atoms with van der Waals surface area (Å²) in [5, 5.41) is 0. The second kappa shape index (κ2) is 4.97. The van der Waals surface area contributed by atoms with Crippen molar-refractivity contribution in [2.24, 2.45) is 5.92 Å². The van der Waals surface area contributed by atoms with Crippen LogP contribution in [0.1, 0.15) is 28.2 Å². The van der Waals surface area contributed by atoms with E-state index < -0.39 is 0 Å². The van der Waals surface area contributed by atoms with Gasteiger partial charge in [0.15, 0.2) is 0 Å². The van der Waals surface area contributed by atoms with Gasteiger partial charge in [-0.3, -0.25) is 19.3 Å². The molecule has 1 aromatic heterocycles. The fourth-order valence-corrected chi connectivity index (χ4v) is 3.36. The maximum absolute atomic E-state index is 12.2. The van der Waals surface area contributed by atoms with Gasteiger partial charge in [-0.1, -0.05) is 0 Å². The molecule has 7 heteroatoms. The Balaban J connectivity index is 1.54. The molecular formula is C13H15N3O3S. The minimum Gasteiger partial charge on any atom is -0.337 e. The van der Waals surface area contributed by atoms with Gasteiger partial charge in [-0.15, -0.1) is 11.3 Å². The largest absolute Gasteiger partial charge is 0.337 e. The summed E-state index contributed by atoms with van der Waals surface area (Å²) < 4.78 is 0. The summed E-state index contributed by atoms with van der Waals surface area (Å²) >= 11 is 1.35. The maximum atomic E-state index is 12.2. The van der Waals surface area contributed by atoms with E-state index in [4.69, 9.17) is 0 Å². The molecule has 3 heterocycles. The van der Waals surface area contributed by atoms with E-state index in [2.05, 4.69) is 4.98 Å². The van der Waals surface area contributed by atoms with Crippen molar-refractivity contribution in [3.63, 3.8) is 0 Å². The Morgan fingerprint density at radius 2 is 2.00 bits per heavy atom. The predicted molar refractivity (Wildman–Crippen MR) is 72.2 cm³/mol. The standard InChI is InChI=1S/C13H15N3O3S/c1-8-12(20-7-14-8)13(19)15-4-9(5-15)6-16-10(17)2-3-11(16)18/h7,9H,2-6H2,1H3. The second-order valence-corrected chi connectivity index (χ2v) is 6.10. The van der Waals surface area contributed by atoms with Gasteiger partial charge in [-0.05, 0) is 6.92 Å². The van der Waals surface area contributed by atoms with Gasteiger partial charge < -0.3 is 4.90 Å². The smallest absolute Gasteiger partial charge is 0.265 e. The van der Waals surface area contributed by atoms with Gasteiger partial charge in [0.2, 0.25) is 11.8 Å². The molecule has 0 saturated carbocycles. The Morgan fingerprint density at radius 1 is 1.35 bits per heavy atom. The van der Waals surface area contributed by atoms with Crippen molar-refractivity contribution in [2.75, 3.05) is 19.6 Å². The van der Waals surface area contributed by atoms with Crippen LogP contribution in [-0.4, -0.2) is 52.1 Å². The molecule has 2 aliphatic heterocycles. The zero-order valence-corrected chi connectivity index (χ0v) is 12.0. The number of carbonyl (C=O) groups is 3. The Labute approximate surface area is 120 Å². The quantitative estimate of drug-likeness (QED) is 0.768. The Hall–Kier alpha value is -1.76. The number of amides is 3. The van der Waals surface area contributed by atoms with Crippen molar-refractivity contribution in [2.45, 2.75) is 19.8 Å². The lowest BCUT2D eigenvalue weighted by Crippen LogP contribution is -2.54. The van der Waals surface area contributed by atoms with E-state index in [0.717, 1.165) is 5.69 Å². The van der Waals surface area contributed by atoms with E-state index in [1.807, 2.05) is 6.92 Å². The number of carbonyl (C=O) groups excluding carboxylic acids is 3. The highest BCUT2D eigenvalue weighted by Crippen LogP contribution is 2.24. The van der Waals surface area contributed by atoms with Crippen molar-refractivity contribution in [3.8, 4) is 0 Å². The molecule has 0 aliphatic carbocycles. The SMILES string of the molecule is Cc1ncsc1C(=O)N1CC(CN2C(=O)CCC2=O)C1. The first kappa shape index (κ1) is 13.2. The van der Waals surface area contributed by atoms with E-state index in [1.165, 1.54) is 16.2 Å². The van der Waals surface area contributed by atoms with E-state index in [0.29, 0.717) is 37.4 Å². The third kappa shape index (κ3) is 2.22. The summed E-state index contributed by atoms with van der Waals surface area (Å²) in [6, 6.07) is 0. The zero-order chi connectivity index (χ0) is 14.3.